The third-order valence-electron chi connectivity index (χ3n) is 4.18. The number of hydrogen-bond donors (Lipinski definition) is 1. The van der Waals surface area contributed by atoms with Gasteiger partial charge < -0.3 is 5.32 Å². The molecule has 1 atom stereocenters. The van der Waals surface area contributed by atoms with Crippen LogP contribution in [-0.2, 0) is 17.6 Å². The molecule has 0 saturated heterocycles. The molecule has 1 N–H and O–H groups in total. The topological polar surface area (TPSA) is 72.2 Å². The van der Waals surface area contributed by atoms with Crippen molar-refractivity contribution in [3.8, 4) is 0 Å². The van der Waals surface area contributed by atoms with Gasteiger partial charge in [-0.3, -0.25) is 4.79 Å². The Hall–Kier alpha value is -2.76. The fraction of sp³-hybridized carbons (Fsp3) is 0.294. The third kappa shape index (κ3) is 2.79. The van der Waals surface area contributed by atoms with Crippen LogP contribution in [0.2, 0.25) is 0 Å². The second kappa shape index (κ2) is 5.79. The first-order chi connectivity index (χ1) is 11.3. The number of carbonyl (C=O) groups is 1. The number of nitrogens with one attached hydrogen (secondary N) is 1. The predicted octanol–water partition coefficient (Wildman–Crippen LogP) is 1.86. The zero-order chi connectivity index (χ0) is 15.6. The van der Waals surface area contributed by atoms with Crippen LogP contribution < -0.4 is 5.32 Å². The molecule has 0 spiro atoms. The summed E-state index contributed by atoms with van der Waals surface area (Å²) in [5, 5.41) is 7.39. The number of hydrogen-bond acceptors (Lipinski definition) is 4. The lowest BCUT2D eigenvalue weighted by Crippen LogP contribution is -2.32. The van der Waals surface area contributed by atoms with Gasteiger partial charge in [0, 0.05) is 12.4 Å². The van der Waals surface area contributed by atoms with Crippen LogP contribution in [0.5, 0.6) is 0 Å². The number of benzene rings is 1. The van der Waals surface area contributed by atoms with Gasteiger partial charge in [-0.15, -0.1) is 5.10 Å². The van der Waals surface area contributed by atoms with Crippen molar-refractivity contribution in [3.63, 3.8) is 0 Å². The number of nitrogens with zero attached hydrogens (tertiary/aromatic N) is 4. The molecule has 1 aliphatic carbocycles. The molecule has 3 aromatic rings. The summed E-state index contributed by atoms with van der Waals surface area (Å²) in [6.07, 6.45) is 6.76. The fourth-order valence-electron chi connectivity index (χ4n) is 3.14. The highest BCUT2D eigenvalue weighted by atomic mass is 16.1. The van der Waals surface area contributed by atoms with Gasteiger partial charge in [-0.1, -0.05) is 24.3 Å². The summed E-state index contributed by atoms with van der Waals surface area (Å²) < 4.78 is 1.58. The van der Waals surface area contributed by atoms with Crippen molar-refractivity contribution in [2.45, 2.75) is 31.7 Å². The van der Waals surface area contributed by atoms with E-state index in [1.54, 1.807) is 23.0 Å². The number of fused-ring (bicyclic) bond motifs is 2. The van der Waals surface area contributed by atoms with E-state index in [9.17, 15) is 4.79 Å². The summed E-state index contributed by atoms with van der Waals surface area (Å²) in [4.78, 5) is 20.7. The van der Waals surface area contributed by atoms with Crippen LogP contribution in [0.4, 0.5) is 0 Å². The lowest BCUT2D eigenvalue weighted by atomic mass is 9.87. The van der Waals surface area contributed by atoms with Crippen molar-refractivity contribution in [1.29, 1.82) is 0 Å². The van der Waals surface area contributed by atoms with E-state index < -0.39 is 0 Å². The van der Waals surface area contributed by atoms with Gasteiger partial charge in [0.2, 0.25) is 5.91 Å². The van der Waals surface area contributed by atoms with Crippen LogP contribution in [0.15, 0.2) is 42.7 Å². The summed E-state index contributed by atoms with van der Waals surface area (Å²) in [6, 6.07) is 10.2. The van der Waals surface area contributed by atoms with Gasteiger partial charge in [-0.05, 0) is 36.5 Å². The van der Waals surface area contributed by atoms with E-state index >= 15 is 0 Å². The minimum atomic E-state index is -0.0531. The standard InChI is InChI=1S/C17H17N5O/c23-16(11-15-20-17-18-9-4-10-22(17)21-15)19-14-8-3-6-12-5-1-2-7-13(12)14/h1-2,4-5,7,9-10,14H,3,6,8,11H2,(H,19,23). The van der Waals surface area contributed by atoms with E-state index in [1.807, 2.05) is 6.07 Å². The van der Waals surface area contributed by atoms with Crippen molar-refractivity contribution < 1.29 is 4.79 Å². The Kier molecular flexibility index (Phi) is 3.49. The Bertz CT molecular complexity index is 824. The fourth-order valence-corrected chi connectivity index (χ4v) is 3.14. The lowest BCUT2D eigenvalue weighted by molar-refractivity contribution is -0.121. The van der Waals surface area contributed by atoms with Crippen LogP contribution in [-0.4, -0.2) is 25.5 Å². The number of aryl methyl sites for hydroxylation is 1. The zero-order valence-corrected chi connectivity index (χ0v) is 12.6. The van der Waals surface area contributed by atoms with Gasteiger partial charge in [-0.25, -0.2) is 9.50 Å². The maximum Gasteiger partial charge on any atom is 0.252 e. The maximum atomic E-state index is 12.3. The van der Waals surface area contributed by atoms with E-state index in [2.05, 4.69) is 38.6 Å². The molecule has 1 amide bonds. The van der Waals surface area contributed by atoms with E-state index in [0.717, 1.165) is 19.3 Å². The molecule has 1 aromatic carbocycles. The van der Waals surface area contributed by atoms with E-state index in [0.29, 0.717) is 11.6 Å². The number of aromatic nitrogens is 4. The van der Waals surface area contributed by atoms with Crippen molar-refractivity contribution in [2.75, 3.05) is 0 Å². The van der Waals surface area contributed by atoms with Crippen molar-refractivity contribution in [2.24, 2.45) is 0 Å². The Morgan fingerprint density at radius 1 is 1.30 bits per heavy atom. The van der Waals surface area contributed by atoms with E-state index in [4.69, 9.17) is 0 Å². The number of amides is 1. The molecule has 0 fully saturated rings. The first-order valence-corrected chi connectivity index (χ1v) is 7.83. The van der Waals surface area contributed by atoms with Crippen LogP contribution in [0.1, 0.15) is 35.8 Å². The highest BCUT2D eigenvalue weighted by Gasteiger charge is 2.22. The summed E-state index contributed by atoms with van der Waals surface area (Å²) in [5.41, 5.74) is 2.57. The molecule has 0 saturated carbocycles. The van der Waals surface area contributed by atoms with Crippen LogP contribution >= 0.6 is 0 Å². The average molecular weight is 307 g/mol. The van der Waals surface area contributed by atoms with E-state index in [-0.39, 0.29) is 18.4 Å². The molecule has 1 aliphatic rings. The summed E-state index contributed by atoms with van der Waals surface area (Å²) >= 11 is 0. The van der Waals surface area contributed by atoms with Gasteiger partial charge >= 0.3 is 0 Å². The molecule has 0 radical (unpaired) electrons. The molecular formula is C17H17N5O. The van der Waals surface area contributed by atoms with Crippen molar-refractivity contribution in [3.05, 3.63) is 59.7 Å². The second-order valence-corrected chi connectivity index (χ2v) is 5.78. The highest BCUT2D eigenvalue weighted by molar-refractivity contribution is 5.78. The lowest BCUT2D eigenvalue weighted by Gasteiger charge is -2.26. The quantitative estimate of drug-likeness (QED) is 0.801. The van der Waals surface area contributed by atoms with Gasteiger partial charge in [-0.2, -0.15) is 4.98 Å². The average Bonchev–Trinajstić information content (AvgIpc) is 2.97. The Labute approximate surface area is 133 Å². The van der Waals surface area contributed by atoms with Gasteiger partial charge in [0.25, 0.3) is 5.78 Å². The normalized spacial score (nSPS) is 17.0. The Balaban J connectivity index is 1.48. The molecular weight excluding hydrogens is 290 g/mol. The van der Waals surface area contributed by atoms with Crippen LogP contribution in [0.3, 0.4) is 0 Å². The van der Waals surface area contributed by atoms with Gasteiger partial charge in [0.15, 0.2) is 5.82 Å². The first-order valence-electron chi connectivity index (χ1n) is 7.83. The van der Waals surface area contributed by atoms with Gasteiger partial charge in [0.1, 0.15) is 0 Å². The summed E-state index contributed by atoms with van der Waals surface area (Å²) in [6.45, 7) is 0. The summed E-state index contributed by atoms with van der Waals surface area (Å²) in [7, 11) is 0. The molecule has 6 heteroatoms. The molecule has 2 aromatic heterocycles. The second-order valence-electron chi connectivity index (χ2n) is 5.78. The van der Waals surface area contributed by atoms with Crippen LogP contribution in [0.25, 0.3) is 5.78 Å². The molecule has 0 aliphatic heterocycles. The SMILES string of the molecule is O=C(Cc1nc2ncccn2n1)NC1CCCc2ccccc21. The van der Waals surface area contributed by atoms with E-state index in [1.165, 1.54) is 11.1 Å². The zero-order valence-electron chi connectivity index (χ0n) is 12.6. The van der Waals surface area contributed by atoms with Crippen LogP contribution in [0, 0.1) is 0 Å². The predicted molar refractivity (Wildman–Crippen MR) is 84.7 cm³/mol. The monoisotopic (exact) mass is 307 g/mol. The van der Waals surface area contributed by atoms with Crippen molar-refractivity contribution in [1.82, 2.24) is 24.9 Å². The number of carbonyl (C=O) groups excluding carboxylic acids is 1. The molecule has 2 heterocycles. The van der Waals surface area contributed by atoms with Crippen molar-refractivity contribution >= 4 is 11.7 Å². The minimum Gasteiger partial charge on any atom is -0.349 e. The minimum absolute atomic E-state index is 0.0531. The number of rotatable bonds is 3. The first kappa shape index (κ1) is 13.9. The smallest absolute Gasteiger partial charge is 0.252 e. The highest BCUT2D eigenvalue weighted by Crippen LogP contribution is 2.29. The molecule has 6 nitrogen and oxygen atoms in total. The maximum absolute atomic E-state index is 12.3. The molecule has 4 rings (SSSR count). The summed E-state index contributed by atoms with van der Waals surface area (Å²) in [5.74, 6) is 0.950. The Morgan fingerprint density at radius 2 is 2.22 bits per heavy atom. The molecule has 0 bridgehead atoms. The molecule has 23 heavy (non-hydrogen) atoms. The molecule has 116 valence electrons. The Morgan fingerprint density at radius 3 is 3.13 bits per heavy atom. The largest absolute Gasteiger partial charge is 0.349 e. The van der Waals surface area contributed by atoms with Gasteiger partial charge in [0.05, 0.1) is 12.5 Å². The third-order valence-corrected chi connectivity index (χ3v) is 4.18. The molecule has 1 unspecified atom stereocenters.